The summed E-state index contributed by atoms with van der Waals surface area (Å²) in [5, 5.41) is 5.71. The predicted octanol–water partition coefficient (Wildman–Crippen LogP) is 4.10. The fourth-order valence-corrected chi connectivity index (χ4v) is 2.96. The molecule has 1 atom stereocenters. The van der Waals surface area contributed by atoms with E-state index in [-0.39, 0.29) is 0 Å². The summed E-state index contributed by atoms with van der Waals surface area (Å²) in [7, 11) is 2.15. The molecule has 1 unspecified atom stereocenters. The third-order valence-corrected chi connectivity index (χ3v) is 4.71. The first kappa shape index (κ1) is 15.1. The first-order chi connectivity index (χ1) is 9.70. The fourth-order valence-electron chi connectivity index (χ4n) is 2.20. The minimum Gasteiger partial charge on any atom is -0.373 e. The van der Waals surface area contributed by atoms with Gasteiger partial charge in [0.05, 0.1) is 0 Å². The van der Waals surface area contributed by atoms with Crippen molar-refractivity contribution in [2.45, 2.75) is 26.3 Å². The van der Waals surface area contributed by atoms with Gasteiger partial charge in [-0.1, -0.05) is 25.1 Å². The first-order valence-corrected chi connectivity index (χ1v) is 8.15. The number of anilines is 1. The summed E-state index contributed by atoms with van der Waals surface area (Å²) in [6.07, 6.45) is 1.10. The number of aryl methyl sites for hydroxylation is 1. The summed E-state index contributed by atoms with van der Waals surface area (Å²) >= 11 is 1.81. The lowest BCUT2D eigenvalue weighted by Gasteiger charge is -2.21. The highest BCUT2D eigenvalue weighted by atomic mass is 32.1. The molecular weight excluding hydrogens is 264 g/mol. The zero-order valence-electron chi connectivity index (χ0n) is 12.6. The molecule has 1 N–H and O–H groups in total. The van der Waals surface area contributed by atoms with E-state index in [1.807, 2.05) is 11.3 Å². The smallest absolute Gasteiger partial charge is 0.0386 e. The summed E-state index contributed by atoms with van der Waals surface area (Å²) in [4.78, 5) is 3.70. The van der Waals surface area contributed by atoms with Gasteiger partial charge < -0.3 is 10.2 Å². The highest BCUT2D eigenvalue weighted by molar-refractivity contribution is 7.10. The van der Waals surface area contributed by atoms with Crippen LogP contribution in [-0.4, -0.2) is 20.1 Å². The average Bonchev–Trinajstić information content (AvgIpc) is 3.01. The van der Waals surface area contributed by atoms with E-state index in [1.54, 1.807) is 0 Å². The minimum atomic E-state index is 0.436. The molecule has 2 aromatic rings. The van der Waals surface area contributed by atoms with Crippen molar-refractivity contribution in [1.29, 1.82) is 0 Å². The van der Waals surface area contributed by atoms with Crippen LogP contribution in [0.15, 0.2) is 41.8 Å². The molecule has 0 saturated heterocycles. The molecule has 0 amide bonds. The van der Waals surface area contributed by atoms with E-state index >= 15 is 0 Å². The maximum absolute atomic E-state index is 3.58. The second-order valence-corrected chi connectivity index (χ2v) is 6.11. The molecule has 108 valence electrons. The summed E-state index contributed by atoms with van der Waals surface area (Å²) in [6.45, 7) is 6.42. The van der Waals surface area contributed by atoms with Crippen LogP contribution in [0.25, 0.3) is 0 Å². The van der Waals surface area contributed by atoms with Crippen LogP contribution in [0, 0.1) is 0 Å². The van der Waals surface area contributed by atoms with Crippen molar-refractivity contribution in [2.75, 3.05) is 25.0 Å². The van der Waals surface area contributed by atoms with Crippen LogP contribution in [0.5, 0.6) is 0 Å². The average molecular weight is 288 g/mol. The Morgan fingerprint density at radius 1 is 1.20 bits per heavy atom. The molecule has 2 nitrogen and oxygen atoms in total. The predicted molar refractivity (Wildman–Crippen MR) is 89.8 cm³/mol. The summed E-state index contributed by atoms with van der Waals surface area (Å²) in [5.41, 5.74) is 2.68. The summed E-state index contributed by atoms with van der Waals surface area (Å²) < 4.78 is 0. The first-order valence-electron chi connectivity index (χ1n) is 7.27. The van der Waals surface area contributed by atoms with Gasteiger partial charge in [-0.05, 0) is 42.5 Å². The van der Waals surface area contributed by atoms with Crippen molar-refractivity contribution in [2.24, 2.45) is 0 Å². The molecule has 1 aromatic carbocycles. The van der Waals surface area contributed by atoms with Crippen LogP contribution in [0.2, 0.25) is 0 Å². The van der Waals surface area contributed by atoms with Gasteiger partial charge in [0.1, 0.15) is 0 Å². The van der Waals surface area contributed by atoms with Crippen LogP contribution in [0.3, 0.4) is 0 Å². The molecule has 0 saturated carbocycles. The molecule has 0 aliphatic rings. The number of thiophene rings is 1. The lowest BCUT2D eigenvalue weighted by molar-refractivity contribution is 0.584. The zero-order valence-corrected chi connectivity index (χ0v) is 13.4. The zero-order chi connectivity index (χ0) is 14.4. The monoisotopic (exact) mass is 288 g/mol. The molecule has 3 heteroatoms. The maximum Gasteiger partial charge on any atom is 0.0386 e. The number of likely N-dealkylation sites (N-methyl/N-ethyl adjacent to an activating group) is 1. The topological polar surface area (TPSA) is 15.3 Å². The summed E-state index contributed by atoms with van der Waals surface area (Å²) in [6, 6.07) is 13.6. The van der Waals surface area contributed by atoms with Crippen molar-refractivity contribution < 1.29 is 0 Å². The Morgan fingerprint density at radius 3 is 2.55 bits per heavy atom. The Labute approximate surface area is 126 Å². The van der Waals surface area contributed by atoms with Gasteiger partial charge in [0.25, 0.3) is 0 Å². The van der Waals surface area contributed by atoms with Gasteiger partial charge >= 0.3 is 0 Å². The minimum absolute atomic E-state index is 0.436. The highest BCUT2D eigenvalue weighted by Gasteiger charge is 2.06. The molecule has 0 aliphatic heterocycles. The van der Waals surface area contributed by atoms with E-state index in [1.165, 1.54) is 16.1 Å². The van der Waals surface area contributed by atoms with E-state index < -0.39 is 0 Å². The largest absolute Gasteiger partial charge is 0.373 e. The Balaban J connectivity index is 1.78. The Hall–Kier alpha value is -1.32. The van der Waals surface area contributed by atoms with Gasteiger partial charge in [-0.15, -0.1) is 11.3 Å². The summed E-state index contributed by atoms with van der Waals surface area (Å²) in [5.74, 6) is 0. The quantitative estimate of drug-likeness (QED) is 0.825. The fraction of sp³-hybridized carbons (Fsp3) is 0.412. The van der Waals surface area contributed by atoms with Gasteiger partial charge in [0, 0.05) is 36.7 Å². The number of rotatable bonds is 7. The second kappa shape index (κ2) is 7.46. The molecular formula is C17H24N2S. The van der Waals surface area contributed by atoms with Crippen molar-refractivity contribution in [1.82, 2.24) is 5.32 Å². The molecule has 20 heavy (non-hydrogen) atoms. The van der Waals surface area contributed by atoms with Gasteiger partial charge in [0.15, 0.2) is 0 Å². The second-order valence-electron chi connectivity index (χ2n) is 5.13. The Morgan fingerprint density at radius 2 is 1.95 bits per heavy atom. The molecule has 0 fully saturated rings. The van der Waals surface area contributed by atoms with Gasteiger partial charge in [0.2, 0.25) is 0 Å². The molecule has 0 aliphatic carbocycles. The van der Waals surface area contributed by atoms with Gasteiger partial charge in [-0.25, -0.2) is 0 Å². The van der Waals surface area contributed by atoms with E-state index in [9.17, 15) is 0 Å². The molecule has 0 bridgehead atoms. The molecule has 2 rings (SSSR count). The van der Waals surface area contributed by atoms with Gasteiger partial charge in [-0.3, -0.25) is 0 Å². The standard InChI is InChI=1S/C17H24N2S/c1-4-15-7-9-16(10-8-15)19(3)12-11-18-14(2)17-6-5-13-20-17/h5-10,13-14,18H,4,11-12H2,1-3H3. The van der Waals surface area contributed by atoms with Crippen LogP contribution in [-0.2, 0) is 6.42 Å². The lowest BCUT2D eigenvalue weighted by Crippen LogP contribution is -2.30. The molecule has 0 spiro atoms. The van der Waals surface area contributed by atoms with Crippen molar-refractivity contribution in [3.05, 3.63) is 52.2 Å². The van der Waals surface area contributed by atoms with Crippen LogP contribution >= 0.6 is 11.3 Å². The number of benzene rings is 1. The van der Waals surface area contributed by atoms with Crippen LogP contribution in [0.4, 0.5) is 5.69 Å². The number of hydrogen-bond donors (Lipinski definition) is 1. The lowest BCUT2D eigenvalue weighted by atomic mass is 10.1. The van der Waals surface area contributed by atoms with Crippen molar-refractivity contribution in [3.8, 4) is 0 Å². The molecule has 1 aromatic heterocycles. The third kappa shape index (κ3) is 4.09. The highest BCUT2D eigenvalue weighted by Crippen LogP contribution is 2.18. The number of nitrogens with zero attached hydrogens (tertiary/aromatic N) is 1. The van der Waals surface area contributed by atoms with E-state index in [4.69, 9.17) is 0 Å². The van der Waals surface area contributed by atoms with E-state index in [2.05, 4.69) is 72.9 Å². The van der Waals surface area contributed by atoms with Crippen LogP contribution < -0.4 is 10.2 Å². The number of hydrogen-bond acceptors (Lipinski definition) is 3. The van der Waals surface area contributed by atoms with Gasteiger partial charge in [-0.2, -0.15) is 0 Å². The SMILES string of the molecule is CCc1ccc(N(C)CCNC(C)c2cccs2)cc1. The molecule has 0 radical (unpaired) electrons. The Kier molecular flexibility index (Phi) is 5.62. The Bertz CT molecular complexity index is 490. The van der Waals surface area contributed by atoms with E-state index in [0.717, 1.165) is 19.5 Å². The third-order valence-electron chi connectivity index (χ3n) is 3.65. The van der Waals surface area contributed by atoms with Crippen LogP contribution in [0.1, 0.15) is 30.3 Å². The molecule has 1 heterocycles. The number of nitrogens with one attached hydrogen (secondary N) is 1. The van der Waals surface area contributed by atoms with Crippen molar-refractivity contribution >= 4 is 17.0 Å². The van der Waals surface area contributed by atoms with E-state index in [0.29, 0.717) is 6.04 Å². The van der Waals surface area contributed by atoms with Crippen molar-refractivity contribution in [3.63, 3.8) is 0 Å². The normalized spacial score (nSPS) is 12.3. The maximum atomic E-state index is 3.58.